The fourth-order valence-corrected chi connectivity index (χ4v) is 1.36. The van der Waals surface area contributed by atoms with Crippen LogP contribution < -0.4 is 5.32 Å². The van der Waals surface area contributed by atoms with Crippen LogP contribution in [0.5, 0.6) is 0 Å². The van der Waals surface area contributed by atoms with Crippen LogP contribution in [0, 0.1) is 6.92 Å². The quantitative estimate of drug-likeness (QED) is 0.785. The molecule has 0 atom stereocenters. The van der Waals surface area contributed by atoms with Crippen molar-refractivity contribution in [1.29, 1.82) is 0 Å². The number of nitrogens with zero attached hydrogens (tertiary/aromatic N) is 2. The van der Waals surface area contributed by atoms with E-state index < -0.39 is 0 Å². The number of hydrogen-bond acceptors (Lipinski definition) is 4. The van der Waals surface area contributed by atoms with E-state index in [0.29, 0.717) is 0 Å². The maximum Gasteiger partial charge on any atom is 0.191 e. The normalized spacial score (nSPS) is 10.1. The lowest BCUT2D eigenvalue weighted by molar-refractivity contribution is 0.427. The summed E-state index contributed by atoms with van der Waals surface area (Å²) in [6.45, 7) is 1.90. The summed E-state index contributed by atoms with van der Waals surface area (Å²) < 4.78 is 5.22. The predicted molar refractivity (Wildman–Crippen MR) is 54.0 cm³/mol. The Labute approximate surface area is 82.0 Å². The largest absolute Gasteiger partial charge is 0.383 e. The van der Waals surface area contributed by atoms with Crippen LogP contribution in [0.1, 0.15) is 5.69 Å². The average Bonchev–Trinajstić information content (AvgIpc) is 2.61. The second-order valence-electron chi connectivity index (χ2n) is 2.96. The number of anilines is 1. The smallest absolute Gasteiger partial charge is 0.191 e. The summed E-state index contributed by atoms with van der Waals surface area (Å²) >= 11 is 0. The van der Waals surface area contributed by atoms with Gasteiger partial charge in [0.25, 0.3) is 0 Å². The molecule has 2 aromatic rings. The fraction of sp³-hybridized carbons (Fsp3) is 0.200. The first-order chi connectivity index (χ1) is 6.83. The van der Waals surface area contributed by atoms with Gasteiger partial charge in [0, 0.05) is 25.0 Å². The fourth-order valence-electron chi connectivity index (χ4n) is 1.36. The molecule has 0 bridgehead atoms. The first-order valence-corrected chi connectivity index (χ1v) is 4.37. The first-order valence-electron chi connectivity index (χ1n) is 4.37. The van der Waals surface area contributed by atoms with E-state index in [1.165, 1.54) is 0 Å². The van der Waals surface area contributed by atoms with Gasteiger partial charge in [-0.1, -0.05) is 5.16 Å². The van der Waals surface area contributed by atoms with E-state index in [1.54, 1.807) is 12.4 Å². The van der Waals surface area contributed by atoms with Gasteiger partial charge in [-0.2, -0.15) is 0 Å². The molecule has 0 spiro atoms. The maximum atomic E-state index is 5.22. The van der Waals surface area contributed by atoms with Crippen LogP contribution in [-0.2, 0) is 0 Å². The summed E-state index contributed by atoms with van der Waals surface area (Å²) in [6, 6.07) is 3.81. The van der Waals surface area contributed by atoms with Gasteiger partial charge in [-0.05, 0) is 19.1 Å². The van der Waals surface area contributed by atoms with E-state index in [-0.39, 0.29) is 0 Å². The number of aromatic nitrogens is 2. The molecule has 4 nitrogen and oxygen atoms in total. The molecule has 14 heavy (non-hydrogen) atoms. The lowest BCUT2D eigenvalue weighted by atomic mass is 10.2. The highest BCUT2D eigenvalue weighted by Gasteiger charge is 2.12. The molecule has 1 N–H and O–H groups in total. The predicted octanol–water partition coefficient (Wildman–Crippen LogP) is 2.09. The molecule has 0 saturated heterocycles. The maximum absolute atomic E-state index is 5.22. The molecule has 0 saturated carbocycles. The summed E-state index contributed by atoms with van der Waals surface area (Å²) in [7, 11) is 1.85. The minimum absolute atomic E-state index is 0.734. The Morgan fingerprint density at radius 3 is 2.93 bits per heavy atom. The topological polar surface area (TPSA) is 51.0 Å². The van der Waals surface area contributed by atoms with Crippen molar-refractivity contribution >= 4 is 5.69 Å². The van der Waals surface area contributed by atoms with E-state index in [1.807, 2.05) is 26.1 Å². The average molecular weight is 189 g/mol. The first kappa shape index (κ1) is 8.74. The summed E-state index contributed by atoms with van der Waals surface area (Å²) in [5.74, 6) is 0.734. The van der Waals surface area contributed by atoms with Crippen molar-refractivity contribution in [3.63, 3.8) is 0 Å². The van der Waals surface area contributed by atoms with E-state index in [9.17, 15) is 0 Å². The van der Waals surface area contributed by atoms with Gasteiger partial charge in [0.1, 0.15) is 11.4 Å². The van der Waals surface area contributed by atoms with Crippen LogP contribution in [0.3, 0.4) is 0 Å². The molecule has 0 fully saturated rings. The molecule has 2 rings (SSSR count). The van der Waals surface area contributed by atoms with Gasteiger partial charge in [0.15, 0.2) is 5.76 Å². The number of rotatable bonds is 2. The molecule has 4 heteroatoms. The molecule has 0 amide bonds. The zero-order chi connectivity index (χ0) is 9.97. The van der Waals surface area contributed by atoms with Crippen LogP contribution in [0.25, 0.3) is 11.3 Å². The Bertz CT molecular complexity index is 422. The van der Waals surface area contributed by atoms with Crippen molar-refractivity contribution in [1.82, 2.24) is 10.1 Å². The van der Waals surface area contributed by atoms with Gasteiger partial charge in [0.05, 0.1) is 0 Å². The molecular formula is C10H11N3O. The van der Waals surface area contributed by atoms with Crippen LogP contribution in [0.4, 0.5) is 5.69 Å². The SMILES string of the molecule is CNc1c(C)noc1-c1cccnc1. The Morgan fingerprint density at radius 2 is 2.29 bits per heavy atom. The van der Waals surface area contributed by atoms with Gasteiger partial charge >= 0.3 is 0 Å². The molecule has 2 heterocycles. The summed E-state index contributed by atoms with van der Waals surface area (Å²) in [5.41, 5.74) is 2.70. The van der Waals surface area contributed by atoms with Gasteiger partial charge in [-0.25, -0.2) is 0 Å². The zero-order valence-electron chi connectivity index (χ0n) is 8.11. The number of aryl methyl sites for hydroxylation is 1. The van der Waals surface area contributed by atoms with Crippen molar-refractivity contribution in [2.45, 2.75) is 6.92 Å². The van der Waals surface area contributed by atoms with Crippen molar-refractivity contribution < 1.29 is 4.52 Å². The van der Waals surface area contributed by atoms with Crippen molar-refractivity contribution in [2.75, 3.05) is 12.4 Å². The van der Waals surface area contributed by atoms with E-state index in [2.05, 4.69) is 15.5 Å². The lowest BCUT2D eigenvalue weighted by Gasteiger charge is -1.99. The molecule has 0 unspecified atom stereocenters. The minimum atomic E-state index is 0.734. The number of pyridine rings is 1. The van der Waals surface area contributed by atoms with Crippen LogP contribution in [0.15, 0.2) is 29.0 Å². The van der Waals surface area contributed by atoms with Crippen molar-refractivity contribution in [3.8, 4) is 11.3 Å². The third kappa shape index (κ3) is 1.35. The Kier molecular flexibility index (Phi) is 2.18. The van der Waals surface area contributed by atoms with Crippen molar-refractivity contribution in [2.24, 2.45) is 0 Å². The van der Waals surface area contributed by atoms with Crippen LogP contribution in [0.2, 0.25) is 0 Å². The summed E-state index contributed by atoms with van der Waals surface area (Å²) in [4.78, 5) is 4.03. The Hall–Kier alpha value is -1.84. The highest BCUT2D eigenvalue weighted by atomic mass is 16.5. The molecule has 0 aliphatic carbocycles. The molecule has 0 aliphatic heterocycles. The van der Waals surface area contributed by atoms with Gasteiger partial charge in [0.2, 0.25) is 0 Å². The number of nitrogens with one attached hydrogen (secondary N) is 1. The third-order valence-electron chi connectivity index (χ3n) is 2.04. The second-order valence-corrected chi connectivity index (χ2v) is 2.96. The molecule has 0 aromatic carbocycles. The van der Waals surface area contributed by atoms with Crippen molar-refractivity contribution in [3.05, 3.63) is 30.2 Å². The van der Waals surface area contributed by atoms with Crippen LogP contribution in [-0.4, -0.2) is 17.2 Å². The summed E-state index contributed by atoms with van der Waals surface area (Å²) in [5, 5.41) is 6.96. The molecular weight excluding hydrogens is 178 g/mol. The molecule has 0 radical (unpaired) electrons. The minimum Gasteiger partial charge on any atom is -0.383 e. The van der Waals surface area contributed by atoms with Gasteiger partial charge in [-0.15, -0.1) is 0 Å². The monoisotopic (exact) mass is 189 g/mol. The van der Waals surface area contributed by atoms with E-state index in [0.717, 1.165) is 22.7 Å². The lowest BCUT2D eigenvalue weighted by Crippen LogP contribution is -1.90. The highest BCUT2D eigenvalue weighted by molar-refractivity contribution is 5.73. The molecule has 0 aliphatic rings. The standard InChI is InChI=1S/C10H11N3O/c1-7-9(11-2)10(14-13-7)8-4-3-5-12-6-8/h3-6,11H,1-2H3. The third-order valence-corrected chi connectivity index (χ3v) is 2.04. The second kappa shape index (κ2) is 3.49. The van der Waals surface area contributed by atoms with Gasteiger partial charge < -0.3 is 9.84 Å². The Balaban J connectivity index is 2.52. The molecule has 2 aromatic heterocycles. The molecule has 72 valence electrons. The van der Waals surface area contributed by atoms with E-state index >= 15 is 0 Å². The van der Waals surface area contributed by atoms with Gasteiger partial charge in [-0.3, -0.25) is 4.98 Å². The summed E-state index contributed by atoms with van der Waals surface area (Å²) in [6.07, 6.45) is 3.48. The highest BCUT2D eigenvalue weighted by Crippen LogP contribution is 2.29. The Morgan fingerprint density at radius 1 is 1.43 bits per heavy atom. The number of hydrogen-bond donors (Lipinski definition) is 1. The zero-order valence-corrected chi connectivity index (χ0v) is 8.11. The van der Waals surface area contributed by atoms with E-state index in [4.69, 9.17) is 4.52 Å². The van der Waals surface area contributed by atoms with Crippen LogP contribution >= 0.6 is 0 Å².